The fourth-order valence-electron chi connectivity index (χ4n) is 3.08. The van der Waals surface area contributed by atoms with Crippen LogP contribution in [-0.2, 0) is 14.4 Å². The van der Waals surface area contributed by atoms with Crippen molar-refractivity contribution in [2.45, 2.75) is 32.0 Å². The summed E-state index contributed by atoms with van der Waals surface area (Å²) in [4.78, 5) is 29.9. The molecule has 0 saturated heterocycles. The minimum atomic E-state index is -0.981. The number of nitrogens with one attached hydrogen (secondary N) is 2. The smallest absolute Gasteiger partial charge is 0.268 e. The highest BCUT2D eigenvalue weighted by molar-refractivity contribution is 6.06. The van der Waals surface area contributed by atoms with Gasteiger partial charge in [-0.15, -0.1) is 0 Å². The number of carbonyl (C=O) groups is 2. The first kappa shape index (κ1) is 18.8. The summed E-state index contributed by atoms with van der Waals surface area (Å²) in [7, 11) is 1.60. The van der Waals surface area contributed by atoms with Crippen molar-refractivity contribution >= 4 is 28.9 Å². The molecule has 0 spiro atoms. The molecule has 0 aliphatic carbocycles. The van der Waals surface area contributed by atoms with Crippen molar-refractivity contribution in [2.24, 2.45) is 5.16 Å². The Bertz CT molecular complexity index is 998. The van der Waals surface area contributed by atoms with E-state index in [0.29, 0.717) is 29.3 Å². The summed E-state index contributed by atoms with van der Waals surface area (Å²) in [6.45, 7) is 3.36. The number of methoxy groups -OCH3 is 1. The maximum atomic E-state index is 12.6. The predicted octanol–water partition coefficient (Wildman–Crippen LogP) is 2.94. The van der Waals surface area contributed by atoms with Gasteiger partial charge in [0.25, 0.3) is 11.8 Å². The molecule has 2 N–H and O–H groups in total. The molecule has 150 valence electrons. The minimum absolute atomic E-state index is 0.218. The van der Waals surface area contributed by atoms with Crippen LogP contribution in [0.15, 0.2) is 47.6 Å². The molecule has 8 heteroatoms. The third-order valence-corrected chi connectivity index (χ3v) is 4.79. The van der Waals surface area contributed by atoms with Gasteiger partial charge in [0.1, 0.15) is 11.5 Å². The molecule has 8 nitrogen and oxygen atoms in total. The number of carbonyl (C=O) groups excluding carboxylic acids is 2. The van der Waals surface area contributed by atoms with Crippen LogP contribution in [0.4, 0.5) is 11.4 Å². The van der Waals surface area contributed by atoms with Gasteiger partial charge in [0.05, 0.1) is 18.5 Å². The van der Waals surface area contributed by atoms with Crippen molar-refractivity contribution in [3.63, 3.8) is 0 Å². The summed E-state index contributed by atoms with van der Waals surface area (Å²) in [6, 6.07) is 12.5. The largest absolute Gasteiger partial charge is 0.497 e. The zero-order valence-electron chi connectivity index (χ0n) is 16.3. The van der Waals surface area contributed by atoms with Crippen molar-refractivity contribution < 1.29 is 23.9 Å². The van der Waals surface area contributed by atoms with Crippen molar-refractivity contribution in [3.05, 3.63) is 48.0 Å². The van der Waals surface area contributed by atoms with E-state index in [-0.39, 0.29) is 11.8 Å². The number of anilines is 2. The maximum absolute atomic E-state index is 12.6. The molecular weight excluding hydrogens is 374 g/mol. The average molecular weight is 395 g/mol. The number of amides is 2. The van der Waals surface area contributed by atoms with E-state index in [4.69, 9.17) is 14.3 Å². The molecular formula is C21H21N3O5. The number of oxime groups is 1. The van der Waals surface area contributed by atoms with Gasteiger partial charge >= 0.3 is 0 Å². The average Bonchev–Trinajstić information content (AvgIpc) is 3.19. The summed E-state index contributed by atoms with van der Waals surface area (Å²) in [5.41, 5.74) is 1.70. The predicted molar refractivity (Wildman–Crippen MR) is 107 cm³/mol. The highest BCUT2D eigenvalue weighted by Gasteiger charge is 2.35. The molecule has 0 bridgehead atoms. The zero-order chi connectivity index (χ0) is 20.6. The van der Waals surface area contributed by atoms with E-state index in [0.717, 1.165) is 11.3 Å². The molecule has 29 heavy (non-hydrogen) atoms. The van der Waals surface area contributed by atoms with Crippen molar-refractivity contribution in [3.8, 4) is 11.5 Å². The van der Waals surface area contributed by atoms with Gasteiger partial charge in [0.15, 0.2) is 5.60 Å². The molecule has 0 radical (unpaired) electrons. The summed E-state index contributed by atoms with van der Waals surface area (Å²) in [6.07, 6.45) is -0.358. The summed E-state index contributed by atoms with van der Waals surface area (Å²) >= 11 is 0. The van der Waals surface area contributed by atoms with Crippen LogP contribution in [0, 0.1) is 0 Å². The molecule has 2 heterocycles. The van der Waals surface area contributed by atoms with Crippen LogP contribution < -0.4 is 20.1 Å². The topological polar surface area (TPSA) is 98.2 Å². The normalized spacial score (nSPS) is 19.2. The van der Waals surface area contributed by atoms with E-state index in [1.807, 2.05) is 24.3 Å². The second kappa shape index (κ2) is 7.12. The van der Waals surface area contributed by atoms with Crippen LogP contribution in [-0.4, -0.2) is 36.3 Å². The monoisotopic (exact) mass is 395 g/mol. The van der Waals surface area contributed by atoms with Crippen LogP contribution in [0.5, 0.6) is 11.5 Å². The lowest BCUT2D eigenvalue weighted by atomic mass is 10.0. The van der Waals surface area contributed by atoms with Crippen LogP contribution in [0.2, 0.25) is 0 Å². The number of rotatable bonds is 4. The summed E-state index contributed by atoms with van der Waals surface area (Å²) in [5.74, 6) is 0.715. The number of ether oxygens (including phenoxy) is 2. The van der Waals surface area contributed by atoms with Crippen LogP contribution in [0.25, 0.3) is 0 Å². The Balaban J connectivity index is 1.41. The lowest BCUT2D eigenvalue weighted by Crippen LogP contribution is -2.45. The van der Waals surface area contributed by atoms with Gasteiger partial charge in [-0.25, -0.2) is 0 Å². The molecule has 1 unspecified atom stereocenters. The molecule has 0 saturated carbocycles. The fraction of sp³-hybridized carbons (Fsp3) is 0.286. The number of benzene rings is 2. The van der Waals surface area contributed by atoms with Gasteiger partial charge in [-0.3, -0.25) is 9.59 Å². The molecule has 4 rings (SSSR count). The fourth-order valence-corrected chi connectivity index (χ4v) is 3.08. The SMILES string of the molecule is COc1ccc(C2=NOC(C(=O)Nc3ccc4c(c3)OC(C)(C)C(=O)N4)C2)cc1. The number of hydrogen-bond acceptors (Lipinski definition) is 6. The second-order valence-electron chi connectivity index (χ2n) is 7.33. The Morgan fingerprint density at radius 1 is 1.24 bits per heavy atom. The van der Waals surface area contributed by atoms with E-state index in [1.165, 1.54) is 0 Å². The Morgan fingerprint density at radius 3 is 2.72 bits per heavy atom. The van der Waals surface area contributed by atoms with E-state index in [2.05, 4.69) is 15.8 Å². The Morgan fingerprint density at radius 2 is 2.00 bits per heavy atom. The van der Waals surface area contributed by atoms with E-state index in [9.17, 15) is 9.59 Å². The minimum Gasteiger partial charge on any atom is -0.497 e. The van der Waals surface area contributed by atoms with Crippen molar-refractivity contribution in [1.82, 2.24) is 0 Å². The number of hydrogen-bond donors (Lipinski definition) is 2. The summed E-state index contributed by atoms with van der Waals surface area (Å²) in [5, 5.41) is 9.65. The molecule has 2 aromatic carbocycles. The molecule has 2 amide bonds. The molecule has 0 aromatic heterocycles. The van der Waals surface area contributed by atoms with Crippen molar-refractivity contribution in [2.75, 3.05) is 17.7 Å². The first-order valence-corrected chi connectivity index (χ1v) is 9.18. The van der Waals surface area contributed by atoms with Gasteiger partial charge in [-0.2, -0.15) is 0 Å². The lowest BCUT2D eigenvalue weighted by molar-refractivity contribution is -0.129. The molecule has 2 aliphatic heterocycles. The second-order valence-corrected chi connectivity index (χ2v) is 7.33. The number of nitrogens with zero attached hydrogens (tertiary/aromatic N) is 1. The number of fused-ring (bicyclic) bond motifs is 1. The molecule has 0 fully saturated rings. The van der Waals surface area contributed by atoms with Crippen LogP contribution >= 0.6 is 0 Å². The highest BCUT2D eigenvalue weighted by Crippen LogP contribution is 2.35. The third kappa shape index (κ3) is 3.73. The van der Waals surface area contributed by atoms with Gasteiger partial charge in [-0.1, -0.05) is 5.16 Å². The first-order valence-electron chi connectivity index (χ1n) is 9.18. The van der Waals surface area contributed by atoms with Gasteiger partial charge < -0.3 is 24.9 Å². The third-order valence-electron chi connectivity index (χ3n) is 4.79. The molecule has 2 aliphatic rings. The Hall–Kier alpha value is -3.55. The quantitative estimate of drug-likeness (QED) is 0.829. The first-order chi connectivity index (χ1) is 13.9. The molecule has 2 aromatic rings. The van der Waals surface area contributed by atoms with Gasteiger partial charge in [0.2, 0.25) is 6.10 Å². The van der Waals surface area contributed by atoms with Crippen LogP contribution in [0.3, 0.4) is 0 Å². The summed E-state index contributed by atoms with van der Waals surface area (Å²) < 4.78 is 10.9. The van der Waals surface area contributed by atoms with Crippen LogP contribution in [0.1, 0.15) is 25.8 Å². The zero-order valence-corrected chi connectivity index (χ0v) is 16.3. The van der Waals surface area contributed by atoms with Crippen molar-refractivity contribution in [1.29, 1.82) is 0 Å². The highest BCUT2D eigenvalue weighted by atomic mass is 16.6. The lowest BCUT2D eigenvalue weighted by Gasteiger charge is -2.31. The standard InChI is InChI=1S/C21H21N3O5/c1-21(2)20(26)23-15-9-6-13(10-17(15)28-21)22-19(25)18-11-16(24-29-18)12-4-7-14(27-3)8-5-12/h4-10,18H,11H2,1-3H3,(H,22,25)(H,23,26). The van der Waals surface area contributed by atoms with E-state index in [1.54, 1.807) is 39.2 Å². The maximum Gasteiger partial charge on any atom is 0.268 e. The van der Waals surface area contributed by atoms with Gasteiger partial charge in [-0.05, 0) is 55.8 Å². The van der Waals surface area contributed by atoms with E-state index >= 15 is 0 Å². The molecule has 1 atom stereocenters. The Kier molecular flexibility index (Phi) is 4.62. The Labute approximate surface area is 167 Å². The van der Waals surface area contributed by atoms with Gasteiger partial charge in [0, 0.05) is 18.2 Å². The van der Waals surface area contributed by atoms with E-state index < -0.39 is 11.7 Å².